The first-order chi connectivity index (χ1) is 0. The summed E-state index contributed by atoms with van der Waals surface area (Å²) < 4.78 is 0. The van der Waals surface area contributed by atoms with Crippen LogP contribution in [0.25, 0.3) is 0 Å². The van der Waals surface area contributed by atoms with Gasteiger partial charge in [0.05, 0.1) is 8.41 Å². The molecule has 0 atom stereocenters. The van der Waals surface area contributed by atoms with Gasteiger partial charge in [-0.05, 0) is 0 Å². The van der Waals surface area contributed by atoms with Crippen molar-refractivity contribution in [2.45, 2.75) is 44.6 Å². The quantitative estimate of drug-likeness (QED) is 0.343. The summed E-state index contributed by atoms with van der Waals surface area (Å²) in [6, 6.07) is 0. The Bertz CT molecular complexity index is 37.5. The third kappa shape index (κ3) is 653. The van der Waals surface area contributed by atoms with E-state index in [-0.39, 0.29) is 158 Å². The molecule has 0 aliphatic rings. The van der Waals surface area contributed by atoms with Crippen molar-refractivity contribution in [1.82, 2.24) is 0 Å². The van der Waals surface area contributed by atoms with Crippen molar-refractivity contribution in [2.75, 3.05) is 0 Å². The van der Waals surface area contributed by atoms with Gasteiger partial charge in [0.15, 0.2) is 0 Å². The summed E-state index contributed by atoms with van der Waals surface area (Å²) in [5.74, 6) is 0. The van der Waals surface area contributed by atoms with Crippen molar-refractivity contribution in [3.63, 3.8) is 0 Å². The second-order valence-electron chi connectivity index (χ2n) is 0. The zero-order valence-electron chi connectivity index (χ0n) is 8.31. The van der Waals surface area contributed by atoms with Crippen LogP contribution in [-0.4, -0.2) is 8.41 Å². The van der Waals surface area contributed by atoms with Crippen LogP contribution in [-0.2, 0) is 37.1 Å². The van der Waals surface area contributed by atoms with Crippen LogP contribution >= 0.6 is 0 Å². The number of hydrogen-bond donors (Lipinski definition) is 0. The molecule has 0 heterocycles. The topological polar surface area (TPSA) is 0 Å². The molecule has 15 heavy (non-hydrogen) atoms. The Balaban J connectivity index is 0. The Morgan fingerprint density at radius 2 is 0.467 bits per heavy atom. The van der Waals surface area contributed by atoms with E-state index >= 15 is 0 Å². The summed E-state index contributed by atoms with van der Waals surface area (Å²) in [5.41, 5.74) is 0. The van der Waals surface area contributed by atoms with E-state index in [1.807, 2.05) is 0 Å². The van der Waals surface area contributed by atoms with Gasteiger partial charge in [-0.3, -0.25) is 0 Å². The van der Waals surface area contributed by atoms with Crippen molar-refractivity contribution in [3.8, 4) is 0 Å². The number of hydrogen-bond acceptors (Lipinski definition) is 0. The van der Waals surface area contributed by atoms with Gasteiger partial charge in [-0.1, -0.05) is 44.6 Å². The summed E-state index contributed by atoms with van der Waals surface area (Å²) >= 11 is 0. The third-order valence-electron chi connectivity index (χ3n) is 0. The minimum Gasteiger partial charge on any atom is -1.00 e. The maximum atomic E-state index is 0. The molecule has 7 heteroatoms. The van der Waals surface area contributed by atoms with Gasteiger partial charge in [-0.15, -0.1) is 0 Å². The van der Waals surface area contributed by atoms with Gasteiger partial charge >= 0.3 is 37.7 Å². The van der Waals surface area contributed by atoms with Crippen molar-refractivity contribution >= 4 is 8.41 Å². The molecule has 0 rings (SSSR count). The fourth-order valence-corrected chi connectivity index (χ4v) is 0. The van der Waals surface area contributed by atoms with Crippen LogP contribution in [0.2, 0.25) is 0 Å². The maximum absolute atomic E-state index is 0. The van der Waals surface area contributed by atoms with E-state index in [0.717, 1.165) is 0 Å². The van der Waals surface area contributed by atoms with Gasteiger partial charge in [0.2, 0.25) is 0 Å². The van der Waals surface area contributed by atoms with Crippen molar-refractivity contribution in [2.24, 2.45) is 0 Å². The normalized spacial score (nSPS) is 0. The Morgan fingerprint density at radius 1 is 0.467 bits per heavy atom. The zero-order valence-corrected chi connectivity index (χ0v) is 9.10. The van der Waals surface area contributed by atoms with Gasteiger partial charge in [0.1, 0.15) is 0 Å². The molecule has 0 aromatic rings. The van der Waals surface area contributed by atoms with Gasteiger partial charge in [0, 0.05) is 49.4 Å². The monoisotopic (exact) mass is 265 g/mol. The van der Waals surface area contributed by atoms with E-state index in [2.05, 4.69) is 0 Å². The first kappa shape index (κ1) is 902. The average molecular weight is 265 g/mol. The van der Waals surface area contributed by atoms with E-state index in [0.29, 0.717) is 0 Å². The predicted molar refractivity (Wildman–Crippen MR) is 65.4 cm³/mol. The molecule has 0 aliphatic carbocycles. The molecule has 0 unspecified atom stereocenters. The van der Waals surface area contributed by atoms with E-state index in [9.17, 15) is 0 Å². The largest absolute Gasteiger partial charge is 1.00 e. The molecule has 0 aromatic carbocycles. The molecule has 0 saturated heterocycles. The smallest absolute Gasteiger partial charge is 1.00 e. The molecule has 0 fully saturated rings. The molecule has 0 spiro atoms. The van der Waals surface area contributed by atoms with Crippen molar-refractivity contribution < 1.29 is 90.0 Å². The first-order valence-electron chi connectivity index (χ1n) is 0. The van der Waals surface area contributed by atoms with E-state index in [1.165, 1.54) is 0 Å². The minimum atomic E-state index is 0. The van der Waals surface area contributed by atoms with Crippen LogP contribution in [0.4, 0.5) is 0 Å². The predicted octanol–water partition coefficient (Wildman–Crippen LogP) is -2.24. The van der Waals surface area contributed by atoms with E-state index in [4.69, 9.17) is 0 Å². The SMILES string of the molecule is C.C.C.C.C.C.[10BH3].[4He].[4He].[7Li+].[7Li+].[CH3-].[CH3-].[H-].[H-].[V].[V]. The molecule has 2 radical (unpaired) electrons. The summed E-state index contributed by atoms with van der Waals surface area (Å²) in [6.07, 6.45) is 0. The summed E-state index contributed by atoms with van der Waals surface area (Å²) in [5, 5.41) is 0. The number of rotatable bonds is 0. The second-order valence-corrected chi connectivity index (χ2v) is 0. The molecule has 0 saturated carbocycles. The Kier molecular flexibility index (Phi) is 45000. The first-order valence-corrected chi connectivity index (χ1v) is 0. The van der Waals surface area contributed by atoms with Crippen molar-refractivity contribution in [1.29, 1.82) is 0 Å². The van der Waals surface area contributed by atoms with E-state index < -0.39 is 0 Å². The van der Waals surface area contributed by atoms with Crippen LogP contribution < -0.4 is 37.7 Å². The summed E-state index contributed by atoms with van der Waals surface area (Å²) in [7, 11) is 0. The molecule has 88 valence electrons. The molecule has 0 amide bonds. The average Bonchev–Trinajstić information content (AvgIpc) is 0. The van der Waals surface area contributed by atoms with Crippen LogP contribution in [0.15, 0.2) is 0 Å². The van der Waals surface area contributed by atoms with Crippen molar-refractivity contribution in [3.05, 3.63) is 14.9 Å². The molecule has 0 aliphatic heterocycles. The fraction of sp³-hybridized carbons (Fsp3) is 0.750. The standard InChI is InChI=1S/6CH4.2CH3.BH3.2He.2Li.2V.2H/h6*1H4;3*1H3;;;;;;;;/q;;;;;;2*-1;;;;2*+1;;;2*-1/i;;;;;;;;1-1;4*1+0;;;;. The van der Waals surface area contributed by atoms with Crippen LogP contribution in [0.1, 0.15) is 47.4 Å². The Hall–Kier alpha value is 2.25. The Morgan fingerprint density at radius 3 is 0.467 bits per heavy atom. The second kappa shape index (κ2) is 748. The zero-order chi connectivity index (χ0) is 0. The fourth-order valence-electron chi connectivity index (χ4n) is 0. The van der Waals surface area contributed by atoms with Gasteiger partial charge < -0.3 is 17.7 Å². The van der Waals surface area contributed by atoms with E-state index in [1.54, 1.807) is 0 Å². The molecule has 0 nitrogen and oxygen atoms in total. The van der Waals surface area contributed by atoms with Crippen LogP contribution in [0, 0.1) is 27.2 Å². The molecular formula is C8H35BHe2Li2V2-2. The summed E-state index contributed by atoms with van der Waals surface area (Å²) in [6.45, 7) is 0. The molecular weight excluding hydrogens is 230 g/mol. The third-order valence-corrected chi connectivity index (χ3v) is 0. The molecule has 0 bridgehead atoms. The van der Waals surface area contributed by atoms with Gasteiger partial charge in [-0.2, -0.15) is 0 Å². The maximum Gasteiger partial charge on any atom is 1.00 e. The van der Waals surface area contributed by atoms with Crippen LogP contribution in [0.5, 0.6) is 0 Å². The van der Waals surface area contributed by atoms with Gasteiger partial charge in [0.25, 0.3) is 0 Å². The van der Waals surface area contributed by atoms with Crippen LogP contribution in [0.3, 0.4) is 0 Å². The Labute approximate surface area is 157 Å². The molecule has 0 N–H and O–H groups in total. The molecule has 0 aromatic heterocycles. The minimum absolute atomic E-state index is 0. The summed E-state index contributed by atoms with van der Waals surface area (Å²) in [4.78, 5) is 0. The van der Waals surface area contributed by atoms with Gasteiger partial charge in [-0.25, -0.2) is 0 Å².